The molecule has 0 radical (unpaired) electrons. The van der Waals surface area contributed by atoms with Crippen LogP contribution in [-0.2, 0) is 0 Å². The monoisotopic (exact) mass is 109 g/mol. The molecule has 0 aromatic rings. The Morgan fingerprint density at radius 3 is 3.00 bits per heavy atom. The van der Waals surface area contributed by atoms with Gasteiger partial charge in [-0.15, -0.1) is 0 Å². The number of rotatable bonds is 2. The smallest absolute Gasteiger partial charge is 0.117 e. The molecule has 8 heavy (non-hydrogen) atoms. The molecular formula is C5H7N3. The Hall–Kier alpha value is -1.30. The number of hydrogen-bond donors (Lipinski definition) is 1. The second kappa shape index (κ2) is 3.88. The van der Waals surface area contributed by atoms with Crippen molar-refractivity contribution in [2.75, 3.05) is 7.05 Å². The van der Waals surface area contributed by atoms with E-state index in [1.54, 1.807) is 13.1 Å². The summed E-state index contributed by atoms with van der Waals surface area (Å²) in [4.78, 5) is 3.58. The standard InChI is InChI=1S/C5H7N3/c1-5(3-6)8-4-7-2/h4H,1H2,2H3,(H,7,8). The zero-order valence-corrected chi connectivity index (χ0v) is 4.68. The number of allylic oxidation sites excluding steroid dienone is 1. The highest BCUT2D eigenvalue weighted by Gasteiger charge is 1.78. The van der Waals surface area contributed by atoms with Crippen LogP contribution in [0.4, 0.5) is 0 Å². The van der Waals surface area contributed by atoms with Gasteiger partial charge in [-0.25, -0.2) is 0 Å². The van der Waals surface area contributed by atoms with Crippen molar-refractivity contribution in [2.24, 2.45) is 4.99 Å². The van der Waals surface area contributed by atoms with E-state index in [2.05, 4.69) is 16.9 Å². The van der Waals surface area contributed by atoms with Crippen molar-refractivity contribution in [1.29, 1.82) is 5.26 Å². The van der Waals surface area contributed by atoms with Crippen molar-refractivity contribution in [1.82, 2.24) is 5.32 Å². The summed E-state index contributed by atoms with van der Waals surface area (Å²) >= 11 is 0. The van der Waals surface area contributed by atoms with Crippen LogP contribution in [0.3, 0.4) is 0 Å². The van der Waals surface area contributed by atoms with Gasteiger partial charge < -0.3 is 5.32 Å². The molecule has 0 heterocycles. The minimum atomic E-state index is 0.301. The van der Waals surface area contributed by atoms with E-state index in [0.29, 0.717) is 5.70 Å². The molecule has 3 nitrogen and oxygen atoms in total. The Morgan fingerprint density at radius 2 is 2.62 bits per heavy atom. The van der Waals surface area contributed by atoms with Gasteiger partial charge in [-0.2, -0.15) is 5.26 Å². The molecule has 0 saturated heterocycles. The maximum Gasteiger partial charge on any atom is 0.117 e. The van der Waals surface area contributed by atoms with Gasteiger partial charge in [0.15, 0.2) is 0 Å². The van der Waals surface area contributed by atoms with Crippen LogP contribution < -0.4 is 5.32 Å². The lowest BCUT2D eigenvalue weighted by molar-refractivity contribution is 1.21. The van der Waals surface area contributed by atoms with Crippen molar-refractivity contribution in [3.05, 3.63) is 12.3 Å². The van der Waals surface area contributed by atoms with E-state index in [9.17, 15) is 0 Å². The number of nitriles is 1. The van der Waals surface area contributed by atoms with Gasteiger partial charge in [0.05, 0.1) is 6.34 Å². The average Bonchev–Trinajstić information content (AvgIpc) is 1.83. The summed E-state index contributed by atoms with van der Waals surface area (Å²) in [6.45, 7) is 3.35. The Morgan fingerprint density at radius 1 is 2.00 bits per heavy atom. The maximum absolute atomic E-state index is 8.09. The fraction of sp³-hybridized carbons (Fsp3) is 0.200. The van der Waals surface area contributed by atoms with Gasteiger partial charge in [0.25, 0.3) is 0 Å². The molecule has 0 spiro atoms. The van der Waals surface area contributed by atoms with Crippen molar-refractivity contribution >= 4 is 6.34 Å². The summed E-state index contributed by atoms with van der Waals surface area (Å²) in [5, 5.41) is 10.6. The highest BCUT2D eigenvalue weighted by Crippen LogP contribution is 1.71. The first-order valence-corrected chi connectivity index (χ1v) is 2.07. The zero-order chi connectivity index (χ0) is 6.41. The molecule has 0 atom stereocenters. The van der Waals surface area contributed by atoms with Crippen LogP contribution >= 0.6 is 0 Å². The van der Waals surface area contributed by atoms with Gasteiger partial charge >= 0.3 is 0 Å². The van der Waals surface area contributed by atoms with Crippen LogP contribution in [0, 0.1) is 11.3 Å². The van der Waals surface area contributed by atoms with Gasteiger partial charge in [-0.3, -0.25) is 4.99 Å². The molecular weight excluding hydrogens is 102 g/mol. The van der Waals surface area contributed by atoms with Gasteiger partial charge in [-0.1, -0.05) is 6.58 Å². The lowest BCUT2D eigenvalue weighted by Crippen LogP contribution is -2.06. The van der Waals surface area contributed by atoms with Crippen LogP contribution in [0.1, 0.15) is 0 Å². The molecule has 0 aliphatic carbocycles. The molecule has 0 aromatic carbocycles. The number of nitrogens with one attached hydrogen (secondary N) is 1. The number of nitrogens with zero attached hydrogens (tertiary/aromatic N) is 2. The van der Waals surface area contributed by atoms with Crippen LogP contribution in [0.5, 0.6) is 0 Å². The van der Waals surface area contributed by atoms with E-state index in [0.717, 1.165) is 0 Å². The molecule has 0 aromatic heterocycles. The van der Waals surface area contributed by atoms with E-state index in [-0.39, 0.29) is 0 Å². The summed E-state index contributed by atoms with van der Waals surface area (Å²) in [7, 11) is 1.61. The van der Waals surface area contributed by atoms with E-state index >= 15 is 0 Å². The Kier molecular flexibility index (Phi) is 3.25. The van der Waals surface area contributed by atoms with Gasteiger partial charge in [0.1, 0.15) is 11.8 Å². The molecule has 3 heteroatoms. The third-order valence-corrected chi connectivity index (χ3v) is 0.503. The lowest BCUT2D eigenvalue weighted by Gasteiger charge is -1.87. The molecule has 0 aliphatic heterocycles. The summed E-state index contributed by atoms with van der Waals surface area (Å²) in [6.07, 6.45) is 1.41. The van der Waals surface area contributed by atoms with Gasteiger partial charge in [-0.05, 0) is 0 Å². The summed E-state index contributed by atoms with van der Waals surface area (Å²) in [5.74, 6) is 0. The number of hydrogen-bond acceptors (Lipinski definition) is 2. The minimum absolute atomic E-state index is 0.301. The van der Waals surface area contributed by atoms with Crippen molar-refractivity contribution < 1.29 is 0 Å². The Balaban J connectivity index is 3.44. The highest BCUT2D eigenvalue weighted by molar-refractivity contribution is 5.58. The van der Waals surface area contributed by atoms with E-state index < -0.39 is 0 Å². The van der Waals surface area contributed by atoms with Crippen molar-refractivity contribution in [3.8, 4) is 6.07 Å². The van der Waals surface area contributed by atoms with Gasteiger partial charge in [0.2, 0.25) is 0 Å². The largest absolute Gasteiger partial charge is 0.339 e. The predicted molar refractivity (Wildman–Crippen MR) is 32.3 cm³/mol. The quantitative estimate of drug-likeness (QED) is 0.314. The average molecular weight is 109 g/mol. The normalized spacial score (nSPS) is 8.50. The lowest BCUT2D eigenvalue weighted by atomic mass is 10.6. The fourth-order valence-electron chi connectivity index (χ4n) is 0.175. The molecule has 0 unspecified atom stereocenters. The first-order chi connectivity index (χ1) is 3.81. The SMILES string of the molecule is C=C(C#N)NC=NC. The van der Waals surface area contributed by atoms with Gasteiger partial charge in [0, 0.05) is 7.05 Å². The third kappa shape index (κ3) is 2.91. The molecule has 0 aliphatic rings. The maximum atomic E-state index is 8.09. The first kappa shape index (κ1) is 6.70. The molecule has 0 amide bonds. The van der Waals surface area contributed by atoms with Crippen molar-refractivity contribution in [2.45, 2.75) is 0 Å². The molecule has 0 bridgehead atoms. The predicted octanol–water partition coefficient (Wildman–Crippen LogP) is 0.271. The Labute approximate surface area is 48.3 Å². The van der Waals surface area contributed by atoms with Crippen LogP contribution in [0.15, 0.2) is 17.3 Å². The van der Waals surface area contributed by atoms with E-state index in [1.165, 1.54) is 6.34 Å². The van der Waals surface area contributed by atoms with Crippen LogP contribution in [0.2, 0.25) is 0 Å². The van der Waals surface area contributed by atoms with E-state index in [4.69, 9.17) is 5.26 Å². The summed E-state index contributed by atoms with van der Waals surface area (Å²) in [5.41, 5.74) is 0.301. The third-order valence-electron chi connectivity index (χ3n) is 0.503. The van der Waals surface area contributed by atoms with E-state index in [1.807, 2.05) is 0 Å². The van der Waals surface area contributed by atoms with Crippen LogP contribution in [-0.4, -0.2) is 13.4 Å². The van der Waals surface area contributed by atoms with Crippen molar-refractivity contribution in [3.63, 3.8) is 0 Å². The summed E-state index contributed by atoms with van der Waals surface area (Å²) < 4.78 is 0. The zero-order valence-electron chi connectivity index (χ0n) is 4.68. The topological polar surface area (TPSA) is 48.2 Å². The molecule has 0 rings (SSSR count). The minimum Gasteiger partial charge on any atom is -0.339 e. The highest BCUT2D eigenvalue weighted by atomic mass is 14.9. The second-order valence-corrected chi connectivity index (χ2v) is 1.12. The fourth-order valence-corrected chi connectivity index (χ4v) is 0.175. The molecule has 0 fully saturated rings. The first-order valence-electron chi connectivity index (χ1n) is 2.07. The molecule has 0 saturated carbocycles. The molecule has 1 N–H and O–H groups in total. The second-order valence-electron chi connectivity index (χ2n) is 1.12. The Bertz CT molecular complexity index is 140. The summed E-state index contributed by atoms with van der Waals surface area (Å²) in [6, 6.07) is 1.80. The molecule has 42 valence electrons. The van der Waals surface area contributed by atoms with Crippen LogP contribution in [0.25, 0.3) is 0 Å². The number of aliphatic imine (C=N–C) groups is 1.